The number of rotatable bonds is 6. The van der Waals surface area contributed by atoms with Crippen LogP contribution in [0.25, 0.3) is 0 Å². The van der Waals surface area contributed by atoms with Gasteiger partial charge in [0, 0.05) is 23.1 Å². The molecule has 3 heterocycles. The first-order chi connectivity index (χ1) is 16.4. The number of hydrogen-bond acceptors (Lipinski definition) is 7. The number of aliphatic carboxylic acids is 1. The third kappa shape index (κ3) is 4.93. The normalized spacial score (nSPS) is 22.7. The molecule has 35 heavy (non-hydrogen) atoms. The minimum atomic E-state index is -1.40. The lowest BCUT2D eigenvalue weighted by atomic mass is 9.83. The Kier molecular flexibility index (Phi) is 7.19. The first kappa shape index (κ1) is 25.9. The smallest absolute Gasteiger partial charge is 0.329 e. The van der Waals surface area contributed by atoms with Crippen molar-refractivity contribution in [1.82, 2.24) is 19.2 Å². The van der Waals surface area contributed by atoms with Crippen LogP contribution >= 0.6 is 38.8 Å². The van der Waals surface area contributed by atoms with Gasteiger partial charge in [0.2, 0.25) is 4.73 Å². The van der Waals surface area contributed by atoms with Gasteiger partial charge in [-0.2, -0.15) is 4.37 Å². The maximum atomic E-state index is 14.2. The standard InChI is InChI=1S/C25H29BrN4O3S2/c1-14(2)12-25(22(32)33)13-17(19-28-23(26)29-35-19)18(20-27-10-11-34-20)30(25)21(31)15-6-8-16(9-7-15)24(3,4)5/h6-11,14,17-18H,12-13H2,1-5H3,(H,32,33)/t17-,18+,25-/m0/s1. The molecule has 10 heteroatoms. The number of thiazole rings is 1. The van der Waals surface area contributed by atoms with Crippen LogP contribution in [-0.4, -0.2) is 41.8 Å². The van der Waals surface area contributed by atoms with E-state index in [4.69, 9.17) is 0 Å². The Morgan fingerprint density at radius 1 is 1.23 bits per heavy atom. The summed E-state index contributed by atoms with van der Waals surface area (Å²) in [6.07, 6.45) is 2.27. The number of aromatic nitrogens is 3. The average molecular weight is 578 g/mol. The molecule has 0 unspecified atom stereocenters. The average Bonchev–Trinajstić information content (AvgIpc) is 3.51. The van der Waals surface area contributed by atoms with E-state index in [0.29, 0.717) is 26.7 Å². The molecule has 1 aliphatic heterocycles. The van der Waals surface area contributed by atoms with Gasteiger partial charge in [-0.15, -0.1) is 11.3 Å². The van der Waals surface area contributed by atoms with Gasteiger partial charge in [-0.25, -0.2) is 14.8 Å². The summed E-state index contributed by atoms with van der Waals surface area (Å²) in [7, 11) is 0. The zero-order chi connectivity index (χ0) is 25.5. The van der Waals surface area contributed by atoms with Gasteiger partial charge in [0.15, 0.2) is 0 Å². The highest BCUT2D eigenvalue weighted by molar-refractivity contribution is 9.10. The maximum Gasteiger partial charge on any atom is 0.329 e. The summed E-state index contributed by atoms with van der Waals surface area (Å²) in [6, 6.07) is 6.95. The number of nitrogens with zero attached hydrogens (tertiary/aromatic N) is 4. The first-order valence-electron chi connectivity index (χ1n) is 11.5. The fourth-order valence-electron chi connectivity index (χ4n) is 4.98. The molecule has 3 atom stereocenters. The number of amides is 1. The van der Waals surface area contributed by atoms with Gasteiger partial charge in [0.25, 0.3) is 5.91 Å². The molecule has 1 fully saturated rings. The lowest BCUT2D eigenvalue weighted by Crippen LogP contribution is -2.54. The van der Waals surface area contributed by atoms with Crippen molar-refractivity contribution in [3.8, 4) is 0 Å². The predicted octanol–water partition coefficient (Wildman–Crippen LogP) is 6.30. The second-order valence-electron chi connectivity index (χ2n) is 10.5. The number of carbonyl (C=O) groups excluding carboxylic acids is 1. The van der Waals surface area contributed by atoms with E-state index in [1.165, 1.54) is 22.9 Å². The fraction of sp³-hybridized carbons (Fsp3) is 0.480. The summed E-state index contributed by atoms with van der Waals surface area (Å²) >= 11 is 5.98. The second-order valence-corrected chi connectivity index (χ2v) is 12.9. The zero-order valence-corrected chi connectivity index (χ0v) is 23.6. The number of carboxylic acids is 1. The molecule has 1 aliphatic rings. The number of halogens is 1. The molecule has 0 aliphatic carbocycles. The summed E-state index contributed by atoms with van der Waals surface area (Å²) in [5, 5.41) is 13.9. The Labute approximate surface area is 221 Å². The van der Waals surface area contributed by atoms with Gasteiger partial charge in [-0.1, -0.05) is 46.8 Å². The molecule has 7 nitrogen and oxygen atoms in total. The van der Waals surface area contributed by atoms with Crippen molar-refractivity contribution in [2.45, 2.75) is 70.4 Å². The van der Waals surface area contributed by atoms with Gasteiger partial charge in [-0.3, -0.25) is 4.79 Å². The van der Waals surface area contributed by atoms with Crippen LogP contribution in [0.2, 0.25) is 0 Å². The minimum absolute atomic E-state index is 0.0570. The number of carboxylic acid groups (broad SMARTS) is 1. The Bertz CT molecular complexity index is 1200. The van der Waals surface area contributed by atoms with Crippen molar-refractivity contribution in [2.75, 3.05) is 0 Å². The van der Waals surface area contributed by atoms with Gasteiger partial charge >= 0.3 is 5.97 Å². The number of likely N-dealkylation sites (tertiary alicyclic amines) is 1. The summed E-state index contributed by atoms with van der Waals surface area (Å²) in [5.41, 5.74) is 0.119. The van der Waals surface area contributed by atoms with E-state index in [2.05, 4.69) is 51.0 Å². The second kappa shape index (κ2) is 9.71. The fourth-order valence-corrected chi connectivity index (χ4v) is 6.98. The minimum Gasteiger partial charge on any atom is -0.479 e. The third-order valence-corrected chi connectivity index (χ3v) is 8.76. The largest absolute Gasteiger partial charge is 0.479 e. The highest BCUT2D eigenvalue weighted by atomic mass is 79.9. The van der Waals surface area contributed by atoms with Crippen LogP contribution < -0.4 is 0 Å². The molecule has 0 saturated carbocycles. The molecule has 1 amide bonds. The van der Waals surface area contributed by atoms with Crippen molar-refractivity contribution < 1.29 is 14.7 Å². The summed E-state index contributed by atoms with van der Waals surface area (Å²) in [6.45, 7) is 10.3. The van der Waals surface area contributed by atoms with Gasteiger partial charge in [-0.05, 0) is 69.3 Å². The Balaban J connectivity index is 1.89. The molecule has 1 saturated heterocycles. The molecular formula is C25H29BrN4O3S2. The Morgan fingerprint density at radius 3 is 2.40 bits per heavy atom. The molecule has 0 bridgehead atoms. The molecule has 1 aromatic carbocycles. The van der Waals surface area contributed by atoms with Crippen molar-refractivity contribution >= 4 is 50.7 Å². The summed E-state index contributed by atoms with van der Waals surface area (Å²) in [4.78, 5) is 37.9. The number of benzene rings is 1. The van der Waals surface area contributed by atoms with Crippen LogP contribution in [0.3, 0.4) is 0 Å². The number of carbonyl (C=O) groups is 2. The lowest BCUT2D eigenvalue weighted by Gasteiger charge is -2.38. The first-order valence-corrected chi connectivity index (χ1v) is 13.9. The molecule has 0 spiro atoms. The highest BCUT2D eigenvalue weighted by Gasteiger charge is 2.60. The quantitative estimate of drug-likeness (QED) is 0.370. The van der Waals surface area contributed by atoms with Crippen LogP contribution in [0.1, 0.15) is 85.4 Å². The monoisotopic (exact) mass is 576 g/mol. The van der Waals surface area contributed by atoms with Crippen molar-refractivity contribution in [3.05, 3.63) is 61.7 Å². The molecule has 1 N–H and O–H groups in total. The van der Waals surface area contributed by atoms with Crippen molar-refractivity contribution in [2.24, 2.45) is 5.92 Å². The third-order valence-electron chi connectivity index (χ3n) is 6.48. The van der Waals surface area contributed by atoms with E-state index < -0.39 is 17.6 Å². The van der Waals surface area contributed by atoms with E-state index >= 15 is 0 Å². The van der Waals surface area contributed by atoms with E-state index in [9.17, 15) is 14.7 Å². The highest BCUT2D eigenvalue weighted by Crippen LogP contribution is 2.55. The van der Waals surface area contributed by atoms with Gasteiger partial charge in [0.05, 0.1) is 6.04 Å². The molecule has 4 rings (SSSR count). The summed E-state index contributed by atoms with van der Waals surface area (Å²) in [5.74, 6) is -1.59. The molecule has 3 aromatic rings. The van der Waals surface area contributed by atoms with E-state index in [1.807, 2.05) is 31.4 Å². The molecular weight excluding hydrogens is 548 g/mol. The Hall–Kier alpha value is -2.17. The SMILES string of the molecule is CC(C)C[C@@]1(C(=O)O)C[C@H](c2nc(Br)ns2)[C@H](c2nccs2)N1C(=O)c1ccc(C(C)(C)C)cc1. The van der Waals surface area contributed by atoms with Crippen molar-refractivity contribution in [3.63, 3.8) is 0 Å². The van der Waals surface area contributed by atoms with E-state index in [1.54, 1.807) is 23.2 Å². The predicted molar refractivity (Wildman–Crippen MR) is 141 cm³/mol. The Morgan fingerprint density at radius 2 is 1.91 bits per heavy atom. The van der Waals surface area contributed by atoms with Gasteiger partial charge < -0.3 is 10.0 Å². The van der Waals surface area contributed by atoms with Crippen LogP contribution in [-0.2, 0) is 10.2 Å². The van der Waals surface area contributed by atoms with E-state index in [0.717, 1.165) is 5.56 Å². The van der Waals surface area contributed by atoms with Crippen LogP contribution in [0.15, 0.2) is 40.6 Å². The maximum absolute atomic E-state index is 14.2. The zero-order valence-electron chi connectivity index (χ0n) is 20.4. The lowest BCUT2D eigenvalue weighted by molar-refractivity contribution is -0.150. The van der Waals surface area contributed by atoms with Crippen molar-refractivity contribution in [1.29, 1.82) is 0 Å². The van der Waals surface area contributed by atoms with Crippen LogP contribution in [0.4, 0.5) is 0 Å². The molecule has 186 valence electrons. The summed E-state index contributed by atoms with van der Waals surface area (Å²) < 4.78 is 4.73. The van der Waals surface area contributed by atoms with Crippen LogP contribution in [0, 0.1) is 5.92 Å². The van der Waals surface area contributed by atoms with E-state index in [-0.39, 0.29) is 29.6 Å². The number of hydrogen-bond donors (Lipinski definition) is 1. The van der Waals surface area contributed by atoms with Gasteiger partial charge in [0.1, 0.15) is 15.6 Å². The molecule has 0 radical (unpaired) electrons. The van der Waals surface area contributed by atoms with Crippen LogP contribution in [0.5, 0.6) is 0 Å². The topological polar surface area (TPSA) is 96.3 Å². The molecule has 2 aromatic heterocycles.